The van der Waals surface area contributed by atoms with Crippen molar-refractivity contribution in [2.24, 2.45) is 5.92 Å². The van der Waals surface area contributed by atoms with Crippen LogP contribution < -0.4 is 10.6 Å². The Morgan fingerprint density at radius 1 is 1.09 bits per heavy atom. The monoisotopic (exact) mass is 479 g/mol. The fraction of sp³-hybridized carbons (Fsp3) is 0.500. The van der Waals surface area contributed by atoms with Gasteiger partial charge >= 0.3 is 0 Å². The Bertz CT molecular complexity index is 1080. The maximum Gasteiger partial charge on any atom is 0.239 e. The molecular formula is C26H33N5O2S. The Morgan fingerprint density at radius 2 is 1.74 bits per heavy atom. The predicted octanol–water partition coefficient (Wildman–Crippen LogP) is 3.50. The van der Waals surface area contributed by atoms with E-state index in [9.17, 15) is 14.9 Å². The molecule has 34 heavy (non-hydrogen) atoms. The zero-order valence-electron chi connectivity index (χ0n) is 20.0. The van der Waals surface area contributed by atoms with E-state index in [1.54, 1.807) is 11.3 Å². The molecule has 2 N–H and O–H groups in total. The molecule has 1 atom stereocenters. The summed E-state index contributed by atoms with van der Waals surface area (Å²) in [4.78, 5) is 30.7. The van der Waals surface area contributed by atoms with Crippen LogP contribution in [0.3, 0.4) is 0 Å². The van der Waals surface area contributed by atoms with E-state index in [4.69, 9.17) is 0 Å². The van der Waals surface area contributed by atoms with Crippen LogP contribution in [-0.2, 0) is 28.9 Å². The highest BCUT2D eigenvalue weighted by Crippen LogP contribution is 2.39. The molecule has 4 rings (SSSR count). The number of rotatable bonds is 7. The summed E-state index contributed by atoms with van der Waals surface area (Å²) in [6, 6.07) is 10.2. The van der Waals surface area contributed by atoms with Gasteiger partial charge in [-0.05, 0) is 48.8 Å². The predicted molar refractivity (Wildman–Crippen MR) is 136 cm³/mol. The quantitative estimate of drug-likeness (QED) is 0.635. The van der Waals surface area contributed by atoms with Crippen molar-refractivity contribution in [2.75, 3.05) is 49.9 Å². The van der Waals surface area contributed by atoms with Crippen molar-refractivity contribution in [3.05, 3.63) is 45.8 Å². The molecule has 2 aliphatic rings. The van der Waals surface area contributed by atoms with Crippen LogP contribution in [0.5, 0.6) is 0 Å². The number of anilines is 2. The Hall–Kier alpha value is -2.73. The number of hydrogen-bond acceptors (Lipinski definition) is 6. The van der Waals surface area contributed by atoms with Crippen molar-refractivity contribution in [1.29, 1.82) is 5.26 Å². The highest BCUT2D eigenvalue weighted by atomic mass is 32.1. The molecule has 0 spiro atoms. The van der Waals surface area contributed by atoms with Crippen LogP contribution >= 0.6 is 11.3 Å². The van der Waals surface area contributed by atoms with Gasteiger partial charge in [-0.1, -0.05) is 32.0 Å². The maximum absolute atomic E-state index is 12.7. The Morgan fingerprint density at radius 3 is 2.38 bits per heavy atom. The number of nitrogens with zero attached hydrogens (tertiary/aromatic N) is 3. The lowest BCUT2D eigenvalue weighted by Gasteiger charge is -2.33. The average Bonchev–Trinajstić information content (AvgIpc) is 3.16. The number of fused-ring (bicyclic) bond motifs is 1. The van der Waals surface area contributed by atoms with Crippen LogP contribution in [0.1, 0.15) is 41.8 Å². The first-order valence-electron chi connectivity index (χ1n) is 12.1. The number of para-hydroxylation sites is 1. The van der Waals surface area contributed by atoms with Crippen LogP contribution in [0.25, 0.3) is 0 Å². The number of amides is 2. The molecule has 8 heteroatoms. The molecular weight excluding hydrogens is 446 g/mol. The van der Waals surface area contributed by atoms with Crippen molar-refractivity contribution in [2.45, 2.75) is 39.5 Å². The first-order chi connectivity index (χ1) is 16.5. The fourth-order valence-electron chi connectivity index (χ4n) is 4.78. The van der Waals surface area contributed by atoms with Crippen LogP contribution in [0, 0.1) is 17.2 Å². The summed E-state index contributed by atoms with van der Waals surface area (Å²) in [5.41, 5.74) is 3.80. The molecule has 2 amide bonds. The number of benzene rings is 1. The standard InChI is InChI=1S/C26H33N5O2S/c1-3-19-6-4-5-7-22(19)28-24(32)16-30-10-12-31(13-11-30)17-25(33)29-26-21(15-27)20-9-8-18(2)14-23(20)34-26/h4-7,18H,3,8-14,16-17H2,1-2H3,(H,28,32)(H,29,33). The number of piperazine rings is 1. The van der Waals surface area contributed by atoms with E-state index in [0.29, 0.717) is 29.6 Å². The van der Waals surface area contributed by atoms with E-state index in [1.165, 1.54) is 4.88 Å². The molecule has 0 bridgehead atoms. The summed E-state index contributed by atoms with van der Waals surface area (Å²) >= 11 is 1.57. The largest absolute Gasteiger partial charge is 0.325 e. The second-order valence-corrected chi connectivity index (χ2v) is 10.4. The second kappa shape index (κ2) is 11.1. The molecule has 1 aliphatic heterocycles. The second-order valence-electron chi connectivity index (χ2n) is 9.33. The number of hydrogen-bond donors (Lipinski definition) is 2. The summed E-state index contributed by atoms with van der Waals surface area (Å²) in [5.74, 6) is 0.540. The summed E-state index contributed by atoms with van der Waals surface area (Å²) in [6.45, 7) is 7.91. The van der Waals surface area contributed by atoms with Crippen LogP contribution in [0.4, 0.5) is 10.7 Å². The molecule has 1 unspecified atom stereocenters. The molecule has 7 nitrogen and oxygen atoms in total. The number of nitrogens with one attached hydrogen (secondary N) is 2. The van der Waals surface area contributed by atoms with Gasteiger partial charge in [0.2, 0.25) is 11.8 Å². The normalized spacial score (nSPS) is 18.7. The minimum atomic E-state index is -0.0782. The molecule has 2 heterocycles. The molecule has 0 radical (unpaired) electrons. The van der Waals surface area contributed by atoms with Gasteiger partial charge in [-0.2, -0.15) is 5.26 Å². The van der Waals surface area contributed by atoms with Crippen LogP contribution in [0.2, 0.25) is 0 Å². The minimum absolute atomic E-state index is 0.00731. The fourth-order valence-corrected chi connectivity index (χ4v) is 6.15. The van der Waals surface area contributed by atoms with Crippen molar-refractivity contribution < 1.29 is 9.59 Å². The van der Waals surface area contributed by atoms with Crippen molar-refractivity contribution in [1.82, 2.24) is 9.80 Å². The van der Waals surface area contributed by atoms with Gasteiger partial charge in [0.15, 0.2) is 0 Å². The van der Waals surface area contributed by atoms with E-state index in [2.05, 4.69) is 40.4 Å². The third-order valence-corrected chi connectivity index (χ3v) is 7.92. The number of thiophene rings is 1. The summed E-state index contributed by atoms with van der Waals surface area (Å²) in [5, 5.41) is 16.4. The average molecular weight is 480 g/mol. The zero-order chi connectivity index (χ0) is 24.1. The molecule has 0 saturated carbocycles. The molecule has 1 aromatic heterocycles. The molecule has 1 aromatic carbocycles. The number of carbonyl (C=O) groups is 2. The number of nitriles is 1. The first kappa shape index (κ1) is 24.4. The maximum atomic E-state index is 12.7. The van der Waals surface area contributed by atoms with Gasteiger partial charge in [-0.3, -0.25) is 19.4 Å². The molecule has 180 valence electrons. The highest BCUT2D eigenvalue weighted by molar-refractivity contribution is 7.16. The van der Waals surface area contributed by atoms with E-state index < -0.39 is 0 Å². The van der Waals surface area contributed by atoms with E-state index in [0.717, 1.165) is 68.7 Å². The van der Waals surface area contributed by atoms with E-state index in [-0.39, 0.29) is 11.8 Å². The van der Waals surface area contributed by atoms with Gasteiger partial charge in [0, 0.05) is 36.7 Å². The lowest BCUT2D eigenvalue weighted by molar-refractivity contribution is -0.120. The van der Waals surface area contributed by atoms with Gasteiger partial charge in [-0.15, -0.1) is 11.3 Å². The Balaban J connectivity index is 1.24. The topological polar surface area (TPSA) is 88.5 Å². The molecule has 1 aliphatic carbocycles. The lowest BCUT2D eigenvalue weighted by atomic mass is 9.89. The smallest absolute Gasteiger partial charge is 0.239 e. The lowest BCUT2D eigenvalue weighted by Crippen LogP contribution is -2.50. The van der Waals surface area contributed by atoms with E-state index in [1.807, 2.05) is 24.3 Å². The third kappa shape index (κ3) is 5.84. The van der Waals surface area contributed by atoms with Crippen LogP contribution in [0.15, 0.2) is 24.3 Å². The third-order valence-electron chi connectivity index (χ3n) is 6.75. The Labute approximate surface area is 205 Å². The van der Waals surface area contributed by atoms with Crippen molar-refractivity contribution in [3.63, 3.8) is 0 Å². The Kier molecular flexibility index (Phi) is 7.99. The van der Waals surface area contributed by atoms with Crippen molar-refractivity contribution >= 4 is 33.8 Å². The van der Waals surface area contributed by atoms with Crippen molar-refractivity contribution in [3.8, 4) is 6.07 Å². The van der Waals surface area contributed by atoms with E-state index >= 15 is 0 Å². The van der Waals surface area contributed by atoms with Gasteiger partial charge in [0.1, 0.15) is 11.1 Å². The van der Waals surface area contributed by atoms with Gasteiger partial charge in [0.25, 0.3) is 0 Å². The molecule has 1 fully saturated rings. The number of aryl methyl sites for hydroxylation is 1. The van der Waals surface area contributed by atoms with Crippen LogP contribution in [-0.4, -0.2) is 60.9 Å². The minimum Gasteiger partial charge on any atom is -0.325 e. The molecule has 2 aromatic rings. The SMILES string of the molecule is CCc1ccccc1NC(=O)CN1CCN(CC(=O)Nc2sc3c(c2C#N)CCC(C)C3)CC1. The van der Waals surface area contributed by atoms with Gasteiger partial charge < -0.3 is 10.6 Å². The molecule has 1 saturated heterocycles. The summed E-state index contributed by atoms with van der Waals surface area (Å²) in [7, 11) is 0. The summed E-state index contributed by atoms with van der Waals surface area (Å²) < 4.78 is 0. The number of carbonyl (C=O) groups excluding carboxylic acids is 2. The summed E-state index contributed by atoms with van der Waals surface area (Å²) in [6.07, 6.45) is 3.88. The highest BCUT2D eigenvalue weighted by Gasteiger charge is 2.26. The van der Waals surface area contributed by atoms with Gasteiger partial charge in [0.05, 0.1) is 18.7 Å². The van der Waals surface area contributed by atoms with Gasteiger partial charge in [-0.25, -0.2) is 0 Å². The first-order valence-corrected chi connectivity index (χ1v) is 13.0. The zero-order valence-corrected chi connectivity index (χ0v) is 20.8.